The minimum absolute atomic E-state index is 0.211. The largest absolute Gasteiger partial charge is 0.394 e. The molecule has 7 unspecified atom stereocenters. The van der Waals surface area contributed by atoms with Gasteiger partial charge in [0.25, 0.3) is 0 Å². The van der Waals surface area contributed by atoms with Crippen molar-refractivity contribution in [2.45, 2.75) is 281 Å². The molecule has 0 saturated carbocycles. The molecule has 0 aromatic heterocycles. The van der Waals surface area contributed by atoms with Crippen LogP contribution in [0.4, 0.5) is 0 Å². The van der Waals surface area contributed by atoms with Gasteiger partial charge in [0, 0.05) is 6.42 Å². The number of aliphatic hydroxyl groups is 5. The van der Waals surface area contributed by atoms with Gasteiger partial charge in [0.15, 0.2) is 6.29 Å². The van der Waals surface area contributed by atoms with Gasteiger partial charge < -0.3 is 40.3 Å². The van der Waals surface area contributed by atoms with Crippen molar-refractivity contribution >= 4 is 5.91 Å². The predicted molar refractivity (Wildman–Crippen MR) is 349 cm³/mol. The number of hydrogen-bond acceptors (Lipinski definition) is 8. The van der Waals surface area contributed by atoms with Gasteiger partial charge in [-0.05, 0) is 116 Å². The van der Waals surface area contributed by atoms with Crippen LogP contribution in [0, 0.1) is 0 Å². The number of aliphatic hydroxyl groups excluding tert-OH is 5. The smallest absolute Gasteiger partial charge is 0.220 e. The van der Waals surface area contributed by atoms with Gasteiger partial charge in [-0.25, -0.2) is 0 Å². The summed E-state index contributed by atoms with van der Waals surface area (Å²) in [6.45, 7) is 3.64. The molecule has 1 amide bonds. The van der Waals surface area contributed by atoms with E-state index in [0.29, 0.717) is 6.42 Å². The van der Waals surface area contributed by atoms with Crippen LogP contribution in [0.2, 0.25) is 0 Å². The molecule has 0 aromatic carbocycles. The van der Waals surface area contributed by atoms with Crippen LogP contribution in [-0.2, 0) is 14.3 Å². The summed E-state index contributed by atoms with van der Waals surface area (Å²) in [4.78, 5) is 13.1. The normalized spacial score (nSPS) is 19.4. The number of amides is 1. The molecule has 1 aliphatic rings. The summed E-state index contributed by atoms with van der Waals surface area (Å²) in [5, 5.41) is 54.6. The SMILES string of the molecule is CC/C=C\C/C=C\C/C=C\C/C=C\C/C=C\C/C=C\C/C=C\C/C=C\C/C=C\C/C=C\C/C=C\CCCCCCCC(=O)NC(COC1OC(CO)C(O)C(O)C1O)C(O)/C=C/CC/C=C/CCCCCCCCCCCCCCCC. The first-order valence-electron chi connectivity index (χ1n) is 32.7. The predicted octanol–water partition coefficient (Wildman–Crippen LogP) is 17.6. The highest BCUT2D eigenvalue weighted by molar-refractivity contribution is 5.76. The molecule has 0 aliphatic carbocycles. The van der Waals surface area contributed by atoms with Crippen LogP contribution in [0.3, 0.4) is 0 Å². The molecular formula is C73H119NO8. The highest BCUT2D eigenvalue weighted by Gasteiger charge is 2.44. The number of carbonyl (C=O) groups is 1. The van der Waals surface area contributed by atoms with E-state index in [9.17, 15) is 30.3 Å². The van der Waals surface area contributed by atoms with Gasteiger partial charge in [0.2, 0.25) is 5.91 Å². The second-order valence-electron chi connectivity index (χ2n) is 21.8. The lowest BCUT2D eigenvalue weighted by atomic mass is 9.99. The molecular weight excluding hydrogens is 1020 g/mol. The molecule has 9 nitrogen and oxygen atoms in total. The van der Waals surface area contributed by atoms with Gasteiger partial charge in [-0.15, -0.1) is 0 Å². The van der Waals surface area contributed by atoms with Crippen molar-refractivity contribution in [3.05, 3.63) is 158 Å². The van der Waals surface area contributed by atoms with Crippen LogP contribution in [0.15, 0.2) is 158 Å². The van der Waals surface area contributed by atoms with Gasteiger partial charge >= 0.3 is 0 Å². The van der Waals surface area contributed by atoms with E-state index in [1.54, 1.807) is 6.08 Å². The Balaban J connectivity index is 2.22. The minimum Gasteiger partial charge on any atom is -0.394 e. The lowest BCUT2D eigenvalue weighted by Crippen LogP contribution is -2.60. The Hall–Kier alpha value is -4.19. The summed E-state index contributed by atoms with van der Waals surface area (Å²) in [5.74, 6) is -0.211. The van der Waals surface area contributed by atoms with Crippen molar-refractivity contribution < 1.29 is 39.8 Å². The summed E-state index contributed by atoms with van der Waals surface area (Å²) in [6.07, 6.45) is 87.5. The van der Waals surface area contributed by atoms with Gasteiger partial charge in [-0.2, -0.15) is 0 Å². The van der Waals surface area contributed by atoms with E-state index >= 15 is 0 Å². The maximum absolute atomic E-state index is 13.1. The number of nitrogens with one attached hydrogen (secondary N) is 1. The molecule has 0 spiro atoms. The molecule has 6 N–H and O–H groups in total. The Bertz CT molecular complexity index is 1850. The van der Waals surface area contributed by atoms with Crippen molar-refractivity contribution in [3.8, 4) is 0 Å². The molecule has 1 saturated heterocycles. The third-order valence-corrected chi connectivity index (χ3v) is 14.3. The Labute approximate surface area is 501 Å². The Kier molecular flexibility index (Phi) is 55.4. The molecule has 0 radical (unpaired) electrons. The quantitative estimate of drug-likeness (QED) is 0.0261. The number of allylic oxidation sites excluding steroid dienone is 25. The lowest BCUT2D eigenvalue weighted by Gasteiger charge is -2.40. The van der Waals surface area contributed by atoms with E-state index in [2.05, 4.69) is 165 Å². The van der Waals surface area contributed by atoms with Crippen LogP contribution in [0.5, 0.6) is 0 Å². The second kappa shape index (κ2) is 60.0. The minimum atomic E-state index is -1.59. The van der Waals surface area contributed by atoms with Gasteiger partial charge in [-0.3, -0.25) is 4.79 Å². The van der Waals surface area contributed by atoms with Gasteiger partial charge in [-0.1, -0.05) is 275 Å². The molecule has 1 fully saturated rings. The van der Waals surface area contributed by atoms with E-state index < -0.39 is 49.5 Å². The highest BCUT2D eigenvalue weighted by atomic mass is 16.7. The lowest BCUT2D eigenvalue weighted by molar-refractivity contribution is -0.302. The summed E-state index contributed by atoms with van der Waals surface area (Å²) in [6, 6.07) is -0.845. The molecule has 9 heteroatoms. The highest BCUT2D eigenvalue weighted by Crippen LogP contribution is 2.23. The molecule has 82 heavy (non-hydrogen) atoms. The average Bonchev–Trinajstić information content (AvgIpc) is 3.52. The van der Waals surface area contributed by atoms with Crippen LogP contribution >= 0.6 is 0 Å². The first kappa shape index (κ1) is 75.8. The van der Waals surface area contributed by atoms with E-state index in [1.807, 2.05) is 6.08 Å². The summed E-state index contributed by atoms with van der Waals surface area (Å²) in [7, 11) is 0. The number of hydrogen-bond donors (Lipinski definition) is 6. The first-order chi connectivity index (χ1) is 40.3. The van der Waals surface area contributed by atoms with Crippen molar-refractivity contribution in [1.82, 2.24) is 5.32 Å². The molecule has 0 aromatic rings. The van der Waals surface area contributed by atoms with Crippen LogP contribution in [0.1, 0.15) is 239 Å². The Morgan fingerprint density at radius 2 is 0.768 bits per heavy atom. The number of unbranched alkanes of at least 4 members (excludes halogenated alkanes) is 20. The van der Waals surface area contributed by atoms with Crippen molar-refractivity contribution in [2.24, 2.45) is 0 Å². The molecule has 7 atom stereocenters. The van der Waals surface area contributed by atoms with Crippen molar-refractivity contribution in [3.63, 3.8) is 0 Å². The first-order valence-corrected chi connectivity index (χ1v) is 32.7. The Morgan fingerprint density at radius 1 is 0.427 bits per heavy atom. The zero-order chi connectivity index (χ0) is 59.3. The van der Waals surface area contributed by atoms with E-state index in [-0.39, 0.29) is 12.5 Å². The number of carbonyl (C=O) groups excluding carboxylic acids is 1. The Morgan fingerprint density at radius 3 is 1.17 bits per heavy atom. The zero-order valence-electron chi connectivity index (χ0n) is 51.7. The molecule has 464 valence electrons. The number of rotatable bonds is 54. The second-order valence-corrected chi connectivity index (χ2v) is 21.8. The standard InChI is InChI=1S/C73H119NO8/c1-3-5-7-9-11-13-15-17-19-21-23-25-26-27-28-29-30-31-32-33-34-35-36-37-38-39-40-41-42-43-45-47-49-51-53-55-57-59-61-63-69(77)74-66(65-81-73-72(80)71(79)70(78)68(64-75)82-73)67(76)62-60-58-56-54-52-50-48-46-44-24-22-20-18-16-14-12-10-8-6-4-2/h5,7,11,13,17,19,23,25,27-28,30-31,33-34,36-37,39-40,42-43,47,49,52,54,60,62,66-68,70-73,75-76,78-80H,3-4,6,8-10,12,14-16,18,20-22,24,26,29,32,35,38,41,44-46,48,50-51,53,55-59,61,63-65H2,1-2H3,(H,74,77)/b7-5-,13-11-,19-17-,25-23-,28-27-,31-30-,34-33-,37-36-,40-39-,43-42-,49-47-,54-52+,62-60+. The summed E-state index contributed by atoms with van der Waals surface area (Å²) >= 11 is 0. The van der Waals surface area contributed by atoms with Crippen LogP contribution in [-0.4, -0.2) is 87.5 Å². The number of ether oxygens (including phenoxy) is 2. The van der Waals surface area contributed by atoms with E-state index in [1.165, 1.54) is 89.9 Å². The fourth-order valence-corrected chi connectivity index (χ4v) is 9.24. The van der Waals surface area contributed by atoms with Crippen LogP contribution in [0.25, 0.3) is 0 Å². The summed E-state index contributed by atoms with van der Waals surface area (Å²) in [5.41, 5.74) is 0. The maximum atomic E-state index is 13.1. The zero-order valence-corrected chi connectivity index (χ0v) is 51.7. The fraction of sp³-hybridized carbons (Fsp3) is 0.630. The van der Waals surface area contributed by atoms with Crippen LogP contribution < -0.4 is 5.32 Å². The fourth-order valence-electron chi connectivity index (χ4n) is 9.24. The maximum Gasteiger partial charge on any atom is 0.220 e. The molecule has 1 heterocycles. The monoisotopic (exact) mass is 1140 g/mol. The average molecular weight is 1140 g/mol. The van der Waals surface area contributed by atoms with Crippen molar-refractivity contribution in [2.75, 3.05) is 13.2 Å². The molecule has 1 rings (SSSR count). The third-order valence-electron chi connectivity index (χ3n) is 14.3. The van der Waals surface area contributed by atoms with E-state index in [0.717, 1.165) is 128 Å². The molecule has 1 aliphatic heterocycles. The topological polar surface area (TPSA) is 149 Å². The van der Waals surface area contributed by atoms with E-state index in [4.69, 9.17) is 9.47 Å². The van der Waals surface area contributed by atoms with Gasteiger partial charge in [0.05, 0.1) is 25.4 Å². The summed E-state index contributed by atoms with van der Waals surface area (Å²) < 4.78 is 11.3. The van der Waals surface area contributed by atoms with Gasteiger partial charge in [0.1, 0.15) is 24.4 Å². The third kappa shape index (κ3) is 48.2. The molecule has 0 bridgehead atoms. The van der Waals surface area contributed by atoms with Crippen molar-refractivity contribution in [1.29, 1.82) is 0 Å².